The smallest absolute Gasteiger partial charge is 0.328 e. The maximum Gasteiger partial charge on any atom is 0.328 e. The molecule has 0 saturated heterocycles. The lowest BCUT2D eigenvalue weighted by Gasteiger charge is -2.06. The summed E-state index contributed by atoms with van der Waals surface area (Å²) in [6.07, 6.45) is 8.84. The summed E-state index contributed by atoms with van der Waals surface area (Å²) in [5.41, 5.74) is 0. The van der Waals surface area contributed by atoms with E-state index in [1.54, 1.807) is 0 Å². The van der Waals surface area contributed by atoms with Gasteiger partial charge < -0.3 is 24.8 Å². The number of rotatable bonds is 11. The van der Waals surface area contributed by atoms with Crippen molar-refractivity contribution < 1.29 is 29.4 Å². The monoisotopic (exact) mass is 312 g/mol. The summed E-state index contributed by atoms with van der Waals surface area (Å²) >= 11 is 0. The van der Waals surface area contributed by atoms with Crippen LogP contribution in [0.25, 0.3) is 0 Å². The lowest BCUT2D eigenvalue weighted by Crippen LogP contribution is -2.16. The number of hydrogen-bond donors (Lipinski definition) is 4. The molecule has 6 nitrogen and oxygen atoms in total. The van der Waals surface area contributed by atoms with Gasteiger partial charge in [0.15, 0.2) is 0 Å². The molecule has 0 rings (SSSR count). The topological polar surface area (TPSA) is 115 Å². The molecule has 4 N–H and O–H groups in total. The fourth-order valence-electron chi connectivity index (χ4n) is 1.52. The van der Waals surface area contributed by atoms with E-state index in [-0.39, 0.29) is 0 Å². The van der Waals surface area contributed by atoms with E-state index in [0.29, 0.717) is 0 Å². The van der Waals surface area contributed by atoms with Crippen LogP contribution in [-0.4, -0.2) is 45.2 Å². The fraction of sp³-hybridized carbons (Fsp3) is 0.923. The average Bonchev–Trinajstić information content (AvgIpc) is 2.36. The number of hydrogen-bond acceptors (Lipinski definition) is 4. The summed E-state index contributed by atoms with van der Waals surface area (Å²) in [6, 6.07) is 0. The lowest BCUT2D eigenvalue weighted by atomic mass is 10.1. The molecule has 0 radical (unpaired) electrons. The first-order chi connectivity index (χ1) is 9.37. The number of aliphatic hydroxyl groups is 2. The average molecular weight is 312 g/mol. The Hall–Kier alpha value is -0.260. The predicted octanol–water partition coefficient (Wildman–Crippen LogP) is 1.84. The number of aldehydes is 1. The van der Waals surface area contributed by atoms with Crippen LogP contribution in [0.3, 0.4) is 0 Å². The number of carbonyl (C=O) groups is 1. The Labute approximate surface area is 121 Å². The molecule has 20 heavy (non-hydrogen) atoms. The van der Waals surface area contributed by atoms with Gasteiger partial charge in [0.1, 0.15) is 6.29 Å². The van der Waals surface area contributed by atoms with Crippen molar-refractivity contribution in [3.05, 3.63) is 0 Å². The third-order valence-corrected chi connectivity index (χ3v) is 3.48. The fourth-order valence-corrected chi connectivity index (χ4v) is 2.18. The van der Waals surface area contributed by atoms with Gasteiger partial charge in [-0.2, -0.15) is 0 Å². The van der Waals surface area contributed by atoms with E-state index in [2.05, 4.69) is 6.92 Å². The Morgan fingerprint density at radius 1 is 1.05 bits per heavy atom. The van der Waals surface area contributed by atoms with E-state index >= 15 is 0 Å². The number of unbranched alkanes of at least 4 members (excludes halogenated alkanes) is 7. The highest BCUT2D eigenvalue weighted by Gasteiger charge is 2.18. The molecule has 0 saturated carbocycles. The molecule has 122 valence electrons. The van der Waals surface area contributed by atoms with Gasteiger partial charge in [-0.3, -0.25) is 4.57 Å². The lowest BCUT2D eigenvalue weighted by molar-refractivity contribution is -0.107. The summed E-state index contributed by atoms with van der Waals surface area (Å²) < 4.78 is 10.0. The normalized spacial score (nSPS) is 12.4. The van der Waals surface area contributed by atoms with Crippen LogP contribution >= 0.6 is 7.60 Å². The maximum absolute atomic E-state index is 10.0. The molecular formula is C13H29O6P. The Morgan fingerprint density at radius 2 is 1.55 bits per heavy atom. The minimum Gasteiger partial charge on any atom is -0.394 e. The molecule has 0 aliphatic rings. The molecule has 0 aromatic heterocycles. The summed E-state index contributed by atoms with van der Waals surface area (Å²) in [4.78, 5) is 26.3. The van der Waals surface area contributed by atoms with Crippen LogP contribution in [-0.2, 0) is 9.36 Å². The minimum absolute atomic E-state index is 0.620. The molecule has 0 aliphatic heterocycles. The van der Waals surface area contributed by atoms with Gasteiger partial charge in [-0.05, 0) is 6.42 Å². The molecular weight excluding hydrogens is 283 g/mol. The largest absolute Gasteiger partial charge is 0.394 e. The quantitative estimate of drug-likeness (QED) is 0.263. The summed E-state index contributed by atoms with van der Waals surface area (Å²) in [5.74, 6) is 0. The van der Waals surface area contributed by atoms with Crippen molar-refractivity contribution in [3.63, 3.8) is 0 Å². The van der Waals surface area contributed by atoms with Crippen LogP contribution in [0.2, 0.25) is 0 Å². The van der Waals surface area contributed by atoms with E-state index in [1.807, 2.05) is 0 Å². The summed E-state index contributed by atoms with van der Waals surface area (Å²) in [7, 11) is -4.15. The predicted molar refractivity (Wildman–Crippen MR) is 78.7 cm³/mol. The van der Waals surface area contributed by atoms with Gasteiger partial charge in [-0.25, -0.2) is 0 Å². The van der Waals surface area contributed by atoms with E-state index in [9.17, 15) is 9.36 Å². The second kappa shape index (κ2) is 15.1. The van der Waals surface area contributed by atoms with Crippen molar-refractivity contribution in [2.24, 2.45) is 0 Å². The van der Waals surface area contributed by atoms with Crippen LogP contribution in [0.4, 0.5) is 0 Å². The summed E-state index contributed by atoms with van der Waals surface area (Å²) in [5, 5.41) is 16.6. The van der Waals surface area contributed by atoms with Gasteiger partial charge in [-0.15, -0.1) is 0 Å². The van der Waals surface area contributed by atoms with Crippen LogP contribution in [0, 0.1) is 0 Å². The standard InChI is InChI=1S/C10H20O.C3H9O5P/c1-2-3-4-5-6-7-8-9-10-11;4-1-3(5)2-9(6,7)8/h10H,2-9H2,1H3;3-5H,1-2H2,(H2,6,7,8). The van der Waals surface area contributed by atoms with Gasteiger partial charge in [0.25, 0.3) is 0 Å². The van der Waals surface area contributed by atoms with Gasteiger partial charge in [0.2, 0.25) is 0 Å². The van der Waals surface area contributed by atoms with E-state index in [4.69, 9.17) is 20.0 Å². The second-order valence-corrected chi connectivity index (χ2v) is 6.45. The Bertz CT molecular complexity index is 253. The molecule has 0 spiro atoms. The third-order valence-electron chi connectivity index (χ3n) is 2.58. The van der Waals surface area contributed by atoms with Crippen molar-refractivity contribution >= 4 is 13.9 Å². The first kappa shape index (κ1) is 22.0. The highest BCUT2D eigenvalue weighted by Crippen LogP contribution is 2.34. The Morgan fingerprint density at radius 3 is 1.90 bits per heavy atom. The number of aliphatic hydroxyl groups excluding tert-OH is 2. The van der Waals surface area contributed by atoms with Crippen molar-refractivity contribution in [1.29, 1.82) is 0 Å². The summed E-state index contributed by atoms with van der Waals surface area (Å²) in [6.45, 7) is 1.61. The van der Waals surface area contributed by atoms with Crippen LogP contribution in [0.15, 0.2) is 0 Å². The zero-order valence-electron chi connectivity index (χ0n) is 12.3. The van der Waals surface area contributed by atoms with Crippen molar-refractivity contribution in [1.82, 2.24) is 0 Å². The first-order valence-electron chi connectivity index (χ1n) is 7.14. The maximum atomic E-state index is 10.0. The molecule has 0 fully saturated rings. The van der Waals surface area contributed by atoms with E-state index in [1.165, 1.54) is 38.5 Å². The van der Waals surface area contributed by atoms with Crippen LogP contribution in [0.1, 0.15) is 58.3 Å². The second-order valence-electron chi connectivity index (χ2n) is 4.76. The minimum atomic E-state index is -4.15. The molecule has 0 heterocycles. The zero-order chi connectivity index (χ0) is 15.9. The Kier molecular flexibility index (Phi) is 16.7. The van der Waals surface area contributed by atoms with Crippen molar-refractivity contribution in [3.8, 4) is 0 Å². The van der Waals surface area contributed by atoms with E-state index < -0.39 is 26.5 Å². The van der Waals surface area contributed by atoms with Gasteiger partial charge in [0.05, 0.1) is 18.9 Å². The van der Waals surface area contributed by atoms with Gasteiger partial charge >= 0.3 is 7.60 Å². The SMILES string of the molecule is CCCCCCCCCC=O.O=P(O)(O)CC(O)CO. The van der Waals surface area contributed by atoms with Gasteiger partial charge in [0, 0.05) is 6.42 Å². The van der Waals surface area contributed by atoms with Gasteiger partial charge in [-0.1, -0.05) is 45.4 Å². The third kappa shape index (κ3) is 22.9. The van der Waals surface area contributed by atoms with E-state index in [0.717, 1.165) is 19.1 Å². The molecule has 0 bridgehead atoms. The van der Waals surface area contributed by atoms with Crippen molar-refractivity contribution in [2.75, 3.05) is 12.8 Å². The first-order valence-corrected chi connectivity index (χ1v) is 8.94. The molecule has 1 unspecified atom stereocenters. The highest BCUT2D eigenvalue weighted by atomic mass is 31.2. The molecule has 0 aliphatic carbocycles. The number of carbonyl (C=O) groups excluding carboxylic acids is 1. The van der Waals surface area contributed by atoms with Crippen LogP contribution < -0.4 is 0 Å². The molecule has 0 amide bonds. The molecule has 1 atom stereocenters. The van der Waals surface area contributed by atoms with Crippen molar-refractivity contribution in [2.45, 2.75) is 64.4 Å². The Balaban J connectivity index is 0. The molecule has 7 heteroatoms. The molecule has 0 aromatic rings. The highest BCUT2D eigenvalue weighted by molar-refractivity contribution is 7.51. The zero-order valence-corrected chi connectivity index (χ0v) is 13.2. The van der Waals surface area contributed by atoms with Crippen LogP contribution in [0.5, 0.6) is 0 Å². The molecule has 0 aromatic carbocycles.